The highest BCUT2D eigenvalue weighted by Crippen LogP contribution is 2.43. The molecule has 10 rings (SSSR count). The molecule has 9 aromatic carbocycles. The number of benzene rings is 9. The van der Waals surface area contributed by atoms with Crippen molar-refractivity contribution in [2.75, 3.05) is 4.90 Å². The highest BCUT2D eigenvalue weighted by Gasteiger charge is 2.41. The van der Waals surface area contributed by atoms with E-state index in [1.165, 1.54) is 43.0 Å². The minimum absolute atomic E-state index is 0.873. The van der Waals surface area contributed by atoms with Gasteiger partial charge in [0, 0.05) is 16.8 Å². The molecule has 0 atom stereocenters. The van der Waals surface area contributed by atoms with Crippen LogP contribution in [0.5, 0.6) is 0 Å². The van der Waals surface area contributed by atoms with Crippen LogP contribution in [-0.4, -0.2) is 8.07 Å². The monoisotopic (exact) mass is 745 g/mol. The van der Waals surface area contributed by atoms with Crippen molar-refractivity contribution < 1.29 is 4.42 Å². The molecular formula is C54H39NOSi. The molecule has 0 saturated carbocycles. The van der Waals surface area contributed by atoms with Gasteiger partial charge in [0.05, 0.1) is 11.1 Å². The topological polar surface area (TPSA) is 16.4 Å². The number of furan rings is 1. The fourth-order valence-corrected chi connectivity index (χ4v) is 13.3. The molecule has 0 amide bonds. The van der Waals surface area contributed by atoms with Gasteiger partial charge in [-0.05, 0) is 85.5 Å². The maximum Gasteiger partial charge on any atom is 0.179 e. The summed E-state index contributed by atoms with van der Waals surface area (Å²) in [7, 11) is -2.60. The third-order valence-corrected chi connectivity index (χ3v) is 16.0. The zero-order valence-electron chi connectivity index (χ0n) is 31.4. The van der Waals surface area contributed by atoms with E-state index in [1.807, 2.05) is 12.1 Å². The van der Waals surface area contributed by atoms with Crippen LogP contribution >= 0.6 is 0 Å². The molecule has 57 heavy (non-hydrogen) atoms. The first kappa shape index (κ1) is 34.3. The van der Waals surface area contributed by atoms with E-state index in [-0.39, 0.29) is 0 Å². The fraction of sp³-hybridized carbons (Fsp3) is 0. The van der Waals surface area contributed by atoms with Crippen molar-refractivity contribution in [2.45, 2.75) is 0 Å². The van der Waals surface area contributed by atoms with Crippen LogP contribution in [0.1, 0.15) is 0 Å². The Morgan fingerprint density at radius 1 is 0.298 bits per heavy atom. The van der Waals surface area contributed by atoms with Crippen LogP contribution in [0.3, 0.4) is 0 Å². The number of para-hydroxylation sites is 1. The molecule has 0 fully saturated rings. The first-order valence-corrected chi connectivity index (χ1v) is 21.5. The fourth-order valence-electron chi connectivity index (χ4n) is 8.58. The zero-order chi connectivity index (χ0) is 38.0. The van der Waals surface area contributed by atoms with E-state index >= 15 is 0 Å². The Hall–Kier alpha value is -7.20. The highest BCUT2D eigenvalue weighted by atomic mass is 28.3. The molecule has 2 nitrogen and oxygen atoms in total. The van der Waals surface area contributed by atoms with E-state index in [0.717, 1.165) is 39.0 Å². The molecular weight excluding hydrogens is 707 g/mol. The largest absolute Gasteiger partial charge is 0.456 e. The molecule has 0 saturated heterocycles. The van der Waals surface area contributed by atoms with Crippen molar-refractivity contribution >= 4 is 67.8 Å². The van der Waals surface area contributed by atoms with Crippen LogP contribution in [0, 0.1) is 0 Å². The van der Waals surface area contributed by atoms with Crippen molar-refractivity contribution in [3.8, 4) is 22.3 Å². The smallest absolute Gasteiger partial charge is 0.179 e. The van der Waals surface area contributed by atoms with E-state index in [1.54, 1.807) is 0 Å². The second-order valence-corrected chi connectivity index (χ2v) is 18.3. The summed E-state index contributed by atoms with van der Waals surface area (Å²) in [5, 5.41) is 7.68. The molecule has 270 valence electrons. The van der Waals surface area contributed by atoms with Gasteiger partial charge in [-0.25, -0.2) is 0 Å². The third kappa shape index (κ3) is 6.15. The molecule has 0 aliphatic rings. The Balaban J connectivity index is 1.07. The maximum absolute atomic E-state index is 6.36. The number of hydrogen-bond acceptors (Lipinski definition) is 2. The summed E-state index contributed by atoms with van der Waals surface area (Å²) in [5.74, 6) is 0. The lowest BCUT2D eigenvalue weighted by Crippen LogP contribution is -2.74. The Bertz CT molecular complexity index is 2810. The van der Waals surface area contributed by atoms with Crippen LogP contribution in [0.4, 0.5) is 17.1 Å². The summed E-state index contributed by atoms with van der Waals surface area (Å²) < 4.78 is 6.36. The van der Waals surface area contributed by atoms with Gasteiger partial charge in [0.1, 0.15) is 11.2 Å². The van der Waals surface area contributed by atoms with Crippen LogP contribution in [-0.2, 0) is 0 Å². The quantitative estimate of drug-likeness (QED) is 0.108. The summed E-state index contributed by atoms with van der Waals surface area (Å²) in [5.41, 5.74) is 9.72. The summed E-state index contributed by atoms with van der Waals surface area (Å²) in [6.45, 7) is 0. The standard InChI is InChI=1S/C54H39NOSi/c1-5-16-40(17-6-1)41-28-34-44(35-29-41)55(51-25-15-27-53-54(51)50-24-13-14-26-52(50)56-53)45-36-30-42(31-37-45)43-32-38-49(39-33-43)57(46-18-7-2-8-19-46,47-20-9-3-10-21-47)48-22-11-4-12-23-48/h1-39H. The van der Waals surface area contributed by atoms with E-state index < -0.39 is 8.07 Å². The van der Waals surface area contributed by atoms with E-state index in [2.05, 4.69) is 229 Å². The van der Waals surface area contributed by atoms with Crippen LogP contribution in [0.2, 0.25) is 0 Å². The minimum Gasteiger partial charge on any atom is -0.456 e. The lowest BCUT2D eigenvalue weighted by atomic mass is 10.0. The molecule has 1 heterocycles. The molecule has 0 radical (unpaired) electrons. The van der Waals surface area contributed by atoms with Gasteiger partial charge in [-0.3, -0.25) is 0 Å². The molecule has 3 heteroatoms. The minimum atomic E-state index is -2.60. The van der Waals surface area contributed by atoms with Gasteiger partial charge in [-0.15, -0.1) is 0 Å². The van der Waals surface area contributed by atoms with Gasteiger partial charge >= 0.3 is 0 Å². The van der Waals surface area contributed by atoms with Gasteiger partial charge in [0.15, 0.2) is 8.07 Å². The Morgan fingerprint density at radius 3 is 1.19 bits per heavy atom. The Labute approximate surface area is 334 Å². The molecule has 10 aromatic rings. The molecule has 0 N–H and O–H groups in total. The van der Waals surface area contributed by atoms with Crippen molar-refractivity contribution in [3.05, 3.63) is 237 Å². The van der Waals surface area contributed by atoms with Gasteiger partial charge in [-0.1, -0.05) is 194 Å². The predicted molar refractivity (Wildman–Crippen MR) is 243 cm³/mol. The van der Waals surface area contributed by atoms with E-state index in [0.29, 0.717) is 0 Å². The molecule has 0 spiro atoms. The van der Waals surface area contributed by atoms with Crippen molar-refractivity contribution in [1.82, 2.24) is 0 Å². The second-order valence-electron chi connectivity index (χ2n) is 14.5. The second kappa shape index (κ2) is 14.8. The Morgan fingerprint density at radius 2 is 0.684 bits per heavy atom. The summed E-state index contributed by atoms with van der Waals surface area (Å²) >= 11 is 0. The predicted octanol–water partition coefficient (Wildman–Crippen LogP) is 11.8. The molecule has 0 aliphatic heterocycles. The molecule has 1 aromatic heterocycles. The summed E-state index contributed by atoms with van der Waals surface area (Å²) in [6, 6.07) is 85.7. The number of rotatable bonds is 9. The maximum atomic E-state index is 6.36. The first-order valence-electron chi connectivity index (χ1n) is 19.5. The third-order valence-electron chi connectivity index (χ3n) is 11.3. The van der Waals surface area contributed by atoms with E-state index in [9.17, 15) is 0 Å². The lowest BCUT2D eigenvalue weighted by Gasteiger charge is -2.34. The Kier molecular flexibility index (Phi) is 8.90. The van der Waals surface area contributed by atoms with Gasteiger partial charge < -0.3 is 9.32 Å². The summed E-state index contributed by atoms with van der Waals surface area (Å²) in [6.07, 6.45) is 0. The van der Waals surface area contributed by atoms with Crippen molar-refractivity contribution in [3.63, 3.8) is 0 Å². The normalized spacial score (nSPS) is 11.5. The number of nitrogens with zero attached hydrogens (tertiary/aromatic N) is 1. The zero-order valence-corrected chi connectivity index (χ0v) is 32.4. The molecule has 0 unspecified atom stereocenters. The average molecular weight is 746 g/mol. The number of anilines is 3. The molecule has 0 bridgehead atoms. The van der Waals surface area contributed by atoms with Crippen molar-refractivity contribution in [2.24, 2.45) is 0 Å². The number of hydrogen-bond donors (Lipinski definition) is 0. The number of fused-ring (bicyclic) bond motifs is 3. The molecule has 0 aliphatic carbocycles. The van der Waals surface area contributed by atoms with Gasteiger partial charge in [0.2, 0.25) is 0 Å². The van der Waals surface area contributed by atoms with Crippen LogP contribution in [0.25, 0.3) is 44.2 Å². The SMILES string of the molecule is c1ccc(-c2ccc(N(c3ccc(-c4ccc([Si](c5ccccc5)(c5ccccc5)c5ccccc5)cc4)cc3)c3cccc4oc5ccccc5c34)cc2)cc1. The van der Waals surface area contributed by atoms with Crippen molar-refractivity contribution in [1.29, 1.82) is 0 Å². The lowest BCUT2D eigenvalue weighted by molar-refractivity contribution is 0.669. The van der Waals surface area contributed by atoms with Gasteiger partial charge in [0.25, 0.3) is 0 Å². The van der Waals surface area contributed by atoms with Gasteiger partial charge in [-0.2, -0.15) is 0 Å². The first-order chi connectivity index (χ1) is 28.3. The van der Waals surface area contributed by atoms with Crippen LogP contribution < -0.4 is 25.6 Å². The highest BCUT2D eigenvalue weighted by molar-refractivity contribution is 7.19. The van der Waals surface area contributed by atoms with E-state index in [4.69, 9.17) is 4.42 Å². The summed E-state index contributed by atoms with van der Waals surface area (Å²) in [4.78, 5) is 2.35. The average Bonchev–Trinajstić information content (AvgIpc) is 3.69. The van der Waals surface area contributed by atoms with Crippen LogP contribution in [0.15, 0.2) is 241 Å².